The highest BCUT2D eigenvalue weighted by Gasteiger charge is 2.32. The molecule has 0 spiro atoms. The summed E-state index contributed by atoms with van der Waals surface area (Å²) in [5, 5.41) is 3.22. The van der Waals surface area contributed by atoms with E-state index in [4.69, 9.17) is 16.3 Å². The molecule has 1 saturated carbocycles. The molecule has 0 radical (unpaired) electrons. The van der Waals surface area contributed by atoms with Gasteiger partial charge < -0.3 is 15.0 Å². The molecular weight excluding hydrogens is 460 g/mol. The maximum Gasteiger partial charge on any atom is 0.247 e. The van der Waals surface area contributed by atoms with E-state index in [0.29, 0.717) is 13.2 Å². The normalized spacial score (nSPS) is 14.8. The average Bonchev–Trinajstić information content (AvgIpc) is 2.89. The lowest BCUT2D eigenvalue weighted by Crippen LogP contribution is -2.47. The number of carbonyl (C=O) groups excluding carboxylic acids is 2. The van der Waals surface area contributed by atoms with Crippen molar-refractivity contribution in [3.8, 4) is 5.75 Å². The van der Waals surface area contributed by atoms with Crippen molar-refractivity contribution in [2.24, 2.45) is 0 Å². The largest absolute Gasteiger partial charge is 0.494 e. The highest BCUT2D eigenvalue weighted by molar-refractivity contribution is 6.27. The van der Waals surface area contributed by atoms with E-state index in [1.54, 1.807) is 4.90 Å². The molecule has 1 N–H and O–H groups in total. The van der Waals surface area contributed by atoms with E-state index in [1.165, 1.54) is 19.3 Å². The van der Waals surface area contributed by atoms with Crippen molar-refractivity contribution in [1.82, 2.24) is 10.2 Å². The third-order valence-electron chi connectivity index (χ3n) is 6.60. The summed E-state index contributed by atoms with van der Waals surface area (Å²) in [6.45, 7) is 3.18. The zero-order valence-corrected chi connectivity index (χ0v) is 21.6. The van der Waals surface area contributed by atoms with E-state index in [1.807, 2.05) is 54.6 Å². The summed E-state index contributed by atoms with van der Waals surface area (Å²) in [6, 6.07) is 16.7. The van der Waals surface area contributed by atoms with Crippen molar-refractivity contribution in [3.05, 3.63) is 65.7 Å². The van der Waals surface area contributed by atoms with E-state index in [0.717, 1.165) is 55.4 Å². The standard InChI is InChI=1S/C29H39ClN2O3/c1-2-3-4-11-20-35-26-18-16-24(17-19-26)28(29(34)31-25-14-9-6-10-15-25)32(27(33)21-30)22-23-12-7-5-8-13-23/h5,7-8,12-13,16-19,25,28H,2-4,6,9-11,14-15,20-22H2,1H3,(H,31,34)/t28-/m1/s1. The third kappa shape index (κ3) is 8.57. The summed E-state index contributed by atoms with van der Waals surface area (Å²) >= 11 is 6.02. The topological polar surface area (TPSA) is 58.6 Å². The lowest BCUT2D eigenvalue weighted by Gasteiger charge is -2.33. The van der Waals surface area contributed by atoms with E-state index in [-0.39, 0.29) is 23.7 Å². The number of hydrogen-bond acceptors (Lipinski definition) is 3. The third-order valence-corrected chi connectivity index (χ3v) is 6.83. The van der Waals surface area contributed by atoms with Gasteiger partial charge in [0.05, 0.1) is 6.61 Å². The van der Waals surface area contributed by atoms with Gasteiger partial charge in [0.15, 0.2) is 0 Å². The number of rotatable bonds is 13. The van der Waals surface area contributed by atoms with Gasteiger partial charge in [0, 0.05) is 12.6 Å². The van der Waals surface area contributed by atoms with Crippen molar-refractivity contribution in [2.75, 3.05) is 12.5 Å². The lowest BCUT2D eigenvalue weighted by molar-refractivity contribution is -0.140. The van der Waals surface area contributed by atoms with Crippen LogP contribution in [0.4, 0.5) is 0 Å². The molecule has 0 heterocycles. The Labute approximate surface area is 215 Å². The highest BCUT2D eigenvalue weighted by Crippen LogP contribution is 2.27. The quantitative estimate of drug-likeness (QED) is 0.256. The monoisotopic (exact) mass is 498 g/mol. The molecule has 2 aromatic carbocycles. The molecule has 2 amide bonds. The minimum absolute atomic E-state index is 0.147. The fourth-order valence-electron chi connectivity index (χ4n) is 4.65. The highest BCUT2D eigenvalue weighted by atomic mass is 35.5. The maximum absolute atomic E-state index is 13.6. The van der Waals surface area contributed by atoms with Gasteiger partial charge >= 0.3 is 0 Å². The van der Waals surface area contributed by atoms with Gasteiger partial charge in [0.1, 0.15) is 17.7 Å². The molecule has 1 aliphatic rings. The Bertz CT molecular complexity index is 898. The average molecular weight is 499 g/mol. The fraction of sp³-hybridized carbons (Fsp3) is 0.517. The van der Waals surface area contributed by atoms with Gasteiger partial charge in [-0.15, -0.1) is 11.6 Å². The van der Waals surface area contributed by atoms with Crippen LogP contribution in [0, 0.1) is 0 Å². The molecule has 0 bridgehead atoms. The molecular formula is C29H39ClN2O3. The summed E-state index contributed by atoms with van der Waals surface area (Å²) in [4.78, 5) is 28.3. The van der Waals surface area contributed by atoms with Crippen LogP contribution < -0.4 is 10.1 Å². The molecule has 0 unspecified atom stereocenters. The van der Waals surface area contributed by atoms with Crippen LogP contribution in [0.1, 0.15) is 81.9 Å². The van der Waals surface area contributed by atoms with Crippen molar-refractivity contribution in [1.29, 1.82) is 0 Å². The van der Waals surface area contributed by atoms with Crippen LogP contribution in [0.15, 0.2) is 54.6 Å². The Hall–Kier alpha value is -2.53. The predicted molar refractivity (Wildman–Crippen MR) is 142 cm³/mol. The number of hydrogen-bond donors (Lipinski definition) is 1. The van der Waals surface area contributed by atoms with Gasteiger partial charge in [0.2, 0.25) is 11.8 Å². The summed E-state index contributed by atoms with van der Waals surface area (Å²) < 4.78 is 5.89. The smallest absolute Gasteiger partial charge is 0.247 e. The predicted octanol–water partition coefficient (Wildman–Crippen LogP) is 6.40. The van der Waals surface area contributed by atoms with Crippen LogP contribution in [-0.4, -0.2) is 35.2 Å². The van der Waals surface area contributed by atoms with Gasteiger partial charge in [-0.25, -0.2) is 0 Å². The van der Waals surface area contributed by atoms with Crippen LogP contribution in [0.3, 0.4) is 0 Å². The number of carbonyl (C=O) groups is 2. The SMILES string of the molecule is CCCCCCOc1ccc([C@H](C(=O)NC2CCCCC2)N(Cc2ccccc2)C(=O)CCl)cc1. The Morgan fingerprint density at radius 1 is 1.00 bits per heavy atom. The minimum Gasteiger partial charge on any atom is -0.494 e. The Balaban J connectivity index is 1.81. The fourth-order valence-corrected chi connectivity index (χ4v) is 4.80. The Morgan fingerprint density at radius 3 is 2.37 bits per heavy atom. The number of nitrogens with one attached hydrogen (secondary N) is 1. The summed E-state index contributed by atoms with van der Waals surface area (Å²) in [7, 11) is 0. The van der Waals surface area contributed by atoms with Crippen molar-refractivity contribution in [3.63, 3.8) is 0 Å². The first-order valence-electron chi connectivity index (χ1n) is 13.0. The molecule has 6 heteroatoms. The molecule has 35 heavy (non-hydrogen) atoms. The van der Waals surface area contributed by atoms with Crippen molar-refractivity contribution >= 4 is 23.4 Å². The summed E-state index contributed by atoms with van der Waals surface area (Å²) in [5.41, 5.74) is 1.71. The molecule has 0 saturated heterocycles. The van der Waals surface area contributed by atoms with E-state index in [9.17, 15) is 9.59 Å². The molecule has 190 valence electrons. The number of unbranched alkanes of at least 4 members (excludes halogenated alkanes) is 3. The van der Waals surface area contributed by atoms with E-state index < -0.39 is 6.04 Å². The van der Waals surface area contributed by atoms with Crippen LogP contribution in [0.2, 0.25) is 0 Å². The first-order chi connectivity index (χ1) is 17.1. The number of amides is 2. The number of ether oxygens (including phenoxy) is 1. The van der Waals surface area contributed by atoms with Crippen LogP contribution >= 0.6 is 11.6 Å². The van der Waals surface area contributed by atoms with Gasteiger partial charge in [-0.05, 0) is 42.5 Å². The second-order valence-electron chi connectivity index (χ2n) is 9.37. The molecule has 1 fully saturated rings. The van der Waals surface area contributed by atoms with Gasteiger partial charge in [0.25, 0.3) is 0 Å². The molecule has 1 aliphatic carbocycles. The zero-order valence-electron chi connectivity index (χ0n) is 20.9. The molecule has 0 aliphatic heterocycles. The van der Waals surface area contributed by atoms with Gasteiger partial charge in [-0.3, -0.25) is 9.59 Å². The zero-order chi connectivity index (χ0) is 24.9. The summed E-state index contributed by atoms with van der Waals surface area (Å²) in [6.07, 6.45) is 10.00. The van der Waals surface area contributed by atoms with Crippen LogP contribution in [0.5, 0.6) is 5.75 Å². The van der Waals surface area contributed by atoms with Crippen LogP contribution in [-0.2, 0) is 16.1 Å². The van der Waals surface area contributed by atoms with E-state index >= 15 is 0 Å². The second-order valence-corrected chi connectivity index (χ2v) is 9.63. The Kier molecular flexibility index (Phi) is 11.4. The molecule has 3 rings (SSSR count). The van der Waals surface area contributed by atoms with Gasteiger partial charge in [-0.2, -0.15) is 0 Å². The molecule has 2 aromatic rings. The first-order valence-corrected chi connectivity index (χ1v) is 13.6. The van der Waals surface area contributed by atoms with Crippen molar-refractivity contribution in [2.45, 2.75) is 83.3 Å². The van der Waals surface area contributed by atoms with Crippen molar-refractivity contribution < 1.29 is 14.3 Å². The van der Waals surface area contributed by atoms with Crippen LogP contribution in [0.25, 0.3) is 0 Å². The number of alkyl halides is 1. The summed E-state index contributed by atoms with van der Waals surface area (Å²) in [5.74, 6) is 0.170. The maximum atomic E-state index is 13.6. The molecule has 5 nitrogen and oxygen atoms in total. The molecule has 1 atom stereocenters. The second kappa shape index (κ2) is 14.8. The number of halogens is 1. The first kappa shape index (κ1) is 27.1. The number of benzene rings is 2. The molecule has 0 aromatic heterocycles. The van der Waals surface area contributed by atoms with Gasteiger partial charge in [-0.1, -0.05) is 87.9 Å². The lowest BCUT2D eigenvalue weighted by atomic mass is 9.94. The minimum atomic E-state index is -0.762. The number of nitrogens with zero attached hydrogens (tertiary/aromatic N) is 1. The van der Waals surface area contributed by atoms with E-state index in [2.05, 4.69) is 12.2 Å². The Morgan fingerprint density at radius 2 is 1.71 bits per heavy atom.